The summed E-state index contributed by atoms with van der Waals surface area (Å²) in [6.07, 6.45) is 12.0. The van der Waals surface area contributed by atoms with Gasteiger partial charge in [-0.05, 0) is 90.3 Å². The summed E-state index contributed by atoms with van der Waals surface area (Å²) in [6, 6.07) is 16.8. The molecule has 2 atom stereocenters. The summed E-state index contributed by atoms with van der Waals surface area (Å²) in [5, 5.41) is 30.2. The van der Waals surface area contributed by atoms with Crippen molar-refractivity contribution in [2.75, 3.05) is 26.3 Å². The van der Waals surface area contributed by atoms with E-state index < -0.39 is 22.0 Å². The molecule has 0 spiro atoms. The van der Waals surface area contributed by atoms with E-state index in [0.717, 1.165) is 83.8 Å². The van der Waals surface area contributed by atoms with E-state index in [9.17, 15) is 19.8 Å². The van der Waals surface area contributed by atoms with Crippen LogP contribution in [0, 0.1) is 21.7 Å². The zero-order valence-electron chi connectivity index (χ0n) is 36.8. The summed E-state index contributed by atoms with van der Waals surface area (Å²) in [4.78, 5) is 41.6. The maximum atomic E-state index is 14.2. The van der Waals surface area contributed by atoms with Gasteiger partial charge in [-0.2, -0.15) is 0 Å². The molecular formula is C50H67N5O5. The molecule has 4 heterocycles. The number of aliphatic hydroxyl groups is 2. The minimum absolute atomic E-state index is 0.0514. The number of aromatic nitrogens is 2. The van der Waals surface area contributed by atoms with Gasteiger partial charge >= 0.3 is 0 Å². The summed E-state index contributed by atoms with van der Waals surface area (Å²) < 4.78 is 5.55. The van der Waals surface area contributed by atoms with Crippen molar-refractivity contribution in [3.8, 4) is 22.4 Å². The Balaban J connectivity index is 0.913. The molecule has 1 amide bonds. The summed E-state index contributed by atoms with van der Waals surface area (Å²) >= 11 is 0. The number of carbonyl (C=O) groups excluding carboxylic acids is 2. The highest BCUT2D eigenvalue weighted by Gasteiger charge is 2.60. The Bertz CT molecular complexity index is 2100. The number of rotatable bonds is 12. The Morgan fingerprint density at radius 1 is 0.750 bits per heavy atom. The van der Waals surface area contributed by atoms with Gasteiger partial charge in [0.15, 0.2) is 0 Å². The fourth-order valence-corrected chi connectivity index (χ4v) is 10.9. The quantitative estimate of drug-likeness (QED) is 0.123. The van der Waals surface area contributed by atoms with Crippen molar-refractivity contribution in [1.29, 1.82) is 0 Å². The number of aromatic amines is 1. The maximum absolute atomic E-state index is 14.2. The number of aliphatic imine (C=N–C) groups is 1. The molecule has 5 aliphatic rings. The lowest BCUT2D eigenvalue weighted by Gasteiger charge is -2.54. The lowest BCUT2D eigenvalue weighted by Crippen LogP contribution is -2.65. The van der Waals surface area contributed by atoms with Crippen molar-refractivity contribution in [1.82, 2.24) is 20.6 Å². The standard InChI is InChI=1S/C50H67N5O5/c1-45(2,3)38(30-41(56)47(17-7-18-47)49(58)21-25-51-26-22-49)43-53-32-40(54-43)36-15-13-34(14-16-36)33-9-11-35(12-10-33)37-29-39(52-31-37)42(46(4,5)6)55-44(57)48(19-8-20-48)50(59)23-27-60-28-24-50/h9-16,31-32,38,42,51,58-59H,7-8,17-30H2,1-6H3,(H,53,54)(H,55,57)/t38-,42-/m1/s1. The van der Waals surface area contributed by atoms with E-state index in [1.54, 1.807) is 0 Å². The SMILES string of the molecule is CC(C)(C)[C@H](NC(=O)C1(C2(O)CCOCC2)CCC1)C1=NC=C(c2ccc(-c3ccc(-c4cnc([C@@H](CC(=O)C5(C6(O)CCNCC6)CCC5)C(C)(C)C)[nH]4)cc3)cc2)C1. The van der Waals surface area contributed by atoms with Gasteiger partial charge < -0.3 is 30.6 Å². The smallest absolute Gasteiger partial charge is 0.229 e. The molecule has 0 radical (unpaired) electrons. The molecule has 1 aromatic heterocycles. The fourth-order valence-electron chi connectivity index (χ4n) is 10.9. The third-order valence-electron chi connectivity index (χ3n) is 15.3. The van der Waals surface area contributed by atoms with Crippen LogP contribution in [0.5, 0.6) is 0 Å². The van der Waals surface area contributed by atoms with Crippen molar-refractivity contribution in [2.24, 2.45) is 26.7 Å². The lowest BCUT2D eigenvalue weighted by atomic mass is 9.52. The molecule has 8 rings (SSSR count). The molecule has 5 N–H and O–H groups in total. The monoisotopic (exact) mass is 818 g/mol. The van der Waals surface area contributed by atoms with Gasteiger partial charge in [-0.15, -0.1) is 0 Å². The van der Waals surface area contributed by atoms with Crippen LogP contribution in [0.15, 0.2) is 65.9 Å². The zero-order chi connectivity index (χ0) is 42.6. The number of carbonyl (C=O) groups is 2. The normalized spacial score (nSPS) is 23.0. The Morgan fingerprint density at radius 2 is 1.30 bits per heavy atom. The van der Waals surface area contributed by atoms with Gasteiger partial charge in [0.2, 0.25) is 5.91 Å². The van der Waals surface area contributed by atoms with Crippen molar-refractivity contribution in [3.63, 3.8) is 0 Å². The molecule has 2 saturated carbocycles. The summed E-state index contributed by atoms with van der Waals surface area (Å²) in [5.74, 6) is 0.845. The molecule has 3 aromatic rings. The van der Waals surface area contributed by atoms with Crippen LogP contribution < -0.4 is 10.6 Å². The largest absolute Gasteiger partial charge is 0.389 e. The second-order valence-corrected chi connectivity index (χ2v) is 20.9. The molecule has 10 nitrogen and oxygen atoms in total. The predicted octanol–water partition coefficient (Wildman–Crippen LogP) is 8.55. The number of imidazole rings is 1. The van der Waals surface area contributed by atoms with Gasteiger partial charge in [0.25, 0.3) is 0 Å². The van der Waals surface area contributed by atoms with E-state index in [0.29, 0.717) is 64.6 Å². The fraction of sp³-hybridized carbons (Fsp3) is 0.600. The predicted molar refractivity (Wildman–Crippen MR) is 237 cm³/mol. The molecule has 2 aromatic carbocycles. The number of H-pyrrole nitrogens is 1. The number of hydrogen-bond acceptors (Lipinski definition) is 8. The van der Waals surface area contributed by atoms with Crippen molar-refractivity contribution >= 4 is 23.0 Å². The average Bonchev–Trinajstić information content (AvgIpc) is 3.86. The number of amides is 1. The number of allylic oxidation sites excluding steroid dienone is 1. The Labute approximate surface area is 356 Å². The first-order chi connectivity index (χ1) is 28.5. The number of ketones is 1. The molecule has 2 saturated heterocycles. The van der Waals surface area contributed by atoms with Gasteiger partial charge in [0, 0.05) is 56.7 Å². The molecule has 2 aliphatic carbocycles. The first-order valence-corrected chi connectivity index (χ1v) is 22.6. The second kappa shape index (κ2) is 16.1. The van der Waals surface area contributed by atoms with E-state index in [1.807, 2.05) is 12.4 Å². The first-order valence-electron chi connectivity index (χ1n) is 22.6. The molecule has 60 heavy (non-hydrogen) atoms. The van der Waals surface area contributed by atoms with E-state index in [1.165, 1.54) is 0 Å². The van der Waals surface area contributed by atoms with E-state index in [4.69, 9.17) is 14.7 Å². The molecule has 4 fully saturated rings. The maximum Gasteiger partial charge on any atom is 0.229 e. The van der Waals surface area contributed by atoms with Crippen LogP contribution in [0.3, 0.4) is 0 Å². The van der Waals surface area contributed by atoms with Gasteiger partial charge in [-0.3, -0.25) is 14.6 Å². The van der Waals surface area contributed by atoms with Crippen LogP contribution >= 0.6 is 0 Å². The zero-order valence-corrected chi connectivity index (χ0v) is 36.8. The average molecular weight is 818 g/mol. The Kier molecular flexibility index (Phi) is 11.4. The van der Waals surface area contributed by atoms with Crippen LogP contribution in [-0.2, 0) is 14.3 Å². The minimum Gasteiger partial charge on any atom is -0.389 e. The first kappa shape index (κ1) is 42.7. The number of hydrogen-bond donors (Lipinski definition) is 5. The van der Waals surface area contributed by atoms with E-state index in [-0.39, 0.29) is 34.5 Å². The number of ether oxygens (including phenoxy) is 1. The molecule has 0 unspecified atom stereocenters. The molecule has 322 valence electrons. The molecule has 3 aliphatic heterocycles. The van der Waals surface area contributed by atoms with Gasteiger partial charge in [0.05, 0.1) is 40.0 Å². The lowest BCUT2D eigenvalue weighted by molar-refractivity contribution is -0.187. The van der Waals surface area contributed by atoms with Crippen LogP contribution in [0.4, 0.5) is 0 Å². The van der Waals surface area contributed by atoms with Gasteiger partial charge in [-0.1, -0.05) is 103 Å². The highest BCUT2D eigenvalue weighted by molar-refractivity contribution is 6.04. The van der Waals surface area contributed by atoms with Gasteiger partial charge in [-0.25, -0.2) is 4.98 Å². The molecular weight excluding hydrogens is 751 g/mol. The minimum atomic E-state index is -1.03. The summed E-state index contributed by atoms with van der Waals surface area (Å²) in [6.45, 7) is 15.4. The van der Waals surface area contributed by atoms with Crippen LogP contribution in [-0.4, -0.2) is 81.1 Å². The highest BCUT2D eigenvalue weighted by atomic mass is 16.5. The highest BCUT2D eigenvalue weighted by Crippen LogP contribution is 2.56. The number of Topliss-reactive ketones (excluding diaryl/α,β-unsaturated/α-hetero) is 1. The number of nitrogens with one attached hydrogen (secondary N) is 3. The van der Waals surface area contributed by atoms with E-state index >= 15 is 0 Å². The Hall–Kier alpha value is -3.96. The second-order valence-electron chi connectivity index (χ2n) is 20.9. The van der Waals surface area contributed by atoms with Crippen molar-refractivity contribution in [3.05, 3.63) is 72.3 Å². The van der Waals surface area contributed by atoms with Gasteiger partial charge in [0.1, 0.15) is 11.6 Å². The molecule has 0 bridgehead atoms. The number of nitrogens with zero attached hydrogens (tertiary/aromatic N) is 2. The van der Waals surface area contributed by atoms with Crippen molar-refractivity contribution < 1.29 is 24.5 Å². The summed E-state index contributed by atoms with van der Waals surface area (Å²) in [7, 11) is 0. The topological polar surface area (TPSA) is 149 Å². The number of benzene rings is 2. The van der Waals surface area contributed by atoms with Crippen LogP contribution in [0.25, 0.3) is 28.0 Å². The van der Waals surface area contributed by atoms with Crippen molar-refractivity contribution in [2.45, 2.75) is 142 Å². The number of piperidine rings is 1. The third-order valence-corrected chi connectivity index (χ3v) is 15.3. The molecule has 10 heteroatoms. The van der Waals surface area contributed by atoms with Crippen LogP contribution in [0.1, 0.15) is 136 Å². The summed E-state index contributed by atoms with van der Waals surface area (Å²) in [5.41, 5.74) is 3.49. The Morgan fingerprint density at radius 3 is 1.83 bits per heavy atom. The third kappa shape index (κ3) is 7.75. The van der Waals surface area contributed by atoms with E-state index in [2.05, 4.69) is 106 Å². The van der Waals surface area contributed by atoms with Crippen LogP contribution in [0.2, 0.25) is 0 Å².